The van der Waals surface area contributed by atoms with Gasteiger partial charge in [0.05, 0.1) is 0 Å². The summed E-state index contributed by atoms with van der Waals surface area (Å²) in [6.45, 7) is 1.88. The predicted molar refractivity (Wildman–Crippen MR) is 55.0 cm³/mol. The predicted octanol–water partition coefficient (Wildman–Crippen LogP) is 1.34. The number of aliphatic carboxylic acids is 1. The number of ether oxygens (including phenoxy) is 1. The van der Waals surface area contributed by atoms with Gasteiger partial charge in [-0.3, -0.25) is 0 Å². The second-order valence-electron chi connectivity index (χ2n) is 3.40. The SMILES string of the molecule is COC(Cc1cc(C)ccc1O)C(=O)O. The number of phenolic OH excluding ortho intramolecular Hbond substituents is 1. The zero-order valence-electron chi connectivity index (χ0n) is 8.73. The van der Waals surface area contributed by atoms with E-state index >= 15 is 0 Å². The first-order valence-electron chi connectivity index (χ1n) is 4.58. The molecule has 4 nitrogen and oxygen atoms in total. The van der Waals surface area contributed by atoms with Crippen LogP contribution < -0.4 is 0 Å². The molecule has 0 saturated heterocycles. The number of carboxylic acid groups (broad SMARTS) is 1. The second kappa shape index (κ2) is 4.79. The number of benzene rings is 1. The average molecular weight is 210 g/mol. The van der Waals surface area contributed by atoms with Gasteiger partial charge in [0.15, 0.2) is 6.10 Å². The maximum atomic E-state index is 10.7. The van der Waals surface area contributed by atoms with Crippen LogP contribution in [0.25, 0.3) is 0 Å². The van der Waals surface area contributed by atoms with Crippen molar-refractivity contribution < 1.29 is 19.7 Å². The highest BCUT2D eigenvalue weighted by atomic mass is 16.5. The summed E-state index contributed by atoms with van der Waals surface area (Å²) in [5.41, 5.74) is 1.56. The van der Waals surface area contributed by atoms with Crippen molar-refractivity contribution in [2.45, 2.75) is 19.4 Å². The molecule has 15 heavy (non-hydrogen) atoms. The van der Waals surface area contributed by atoms with E-state index in [0.29, 0.717) is 5.56 Å². The minimum absolute atomic E-state index is 0.101. The third kappa shape index (κ3) is 2.95. The molecule has 1 aromatic carbocycles. The van der Waals surface area contributed by atoms with Gasteiger partial charge in [-0.05, 0) is 18.6 Å². The fourth-order valence-corrected chi connectivity index (χ4v) is 1.35. The van der Waals surface area contributed by atoms with Gasteiger partial charge in [-0.1, -0.05) is 17.7 Å². The molecule has 0 aromatic heterocycles. The molecular formula is C11H14O4. The molecule has 0 aliphatic carbocycles. The number of carbonyl (C=O) groups is 1. The Morgan fingerprint density at radius 2 is 2.20 bits per heavy atom. The lowest BCUT2D eigenvalue weighted by atomic mass is 10.0. The van der Waals surface area contributed by atoms with Crippen molar-refractivity contribution in [1.29, 1.82) is 0 Å². The third-order valence-corrected chi connectivity index (χ3v) is 2.20. The van der Waals surface area contributed by atoms with Crippen LogP contribution in [-0.2, 0) is 16.0 Å². The van der Waals surface area contributed by atoms with E-state index in [1.165, 1.54) is 7.11 Å². The van der Waals surface area contributed by atoms with Gasteiger partial charge in [0.2, 0.25) is 0 Å². The maximum Gasteiger partial charge on any atom is 0.333 e. The Hall–Kier alpha value is -1.55. The summed E-state index contributed by atoms with van der Waals surface area (Å²) in [6.07, 6.45) is -0.753. The Morgan fingerprint density at radius 1 is 1.53 bits per heavy atom. The van der Waals surface area contributed by atoms with Crippen LogP contribution in [-0.4, -0.2) is 29.4 Å². The standard InChI is InChI=1S/C11H14O4/c1-7-3-4-9(12)8(5-7)6-10(15-2)11(13)14/h3-5,10,12H,6H2,1-2H3,(H,13,14). The first-order chi connectivity index (χ1) is 7.04. The van der Waals surface area contributed by atoms with Crippen LogP contribution in [0.3, 0.4) is 0 Å². The highest BCUT2D eigenvalue weighted by Gasteiger charge is 2.18. The van der Waals surface area contributed by atoms with Crippen LogP contribution in [0.4, 0.5) is 0 Å². The molecule has 2 N–H and O–H groups in total. The molecular weight excluding hydrogens is 196 g/mol. The largest absolute Gasteiger partial charge is 0.508 e. The Bertz CT molecular complexity index is 360. The van der Waals surface area contributed by atoms with Crippen molar-refractivity contribution in [2.75, 3.05) is 7.11 Å². The summed E-state index contributed by atoms with van der Waals surface area (Å²) in [5.74, 6) is -0.928. The lowest BCUT2D eigenvalue weighted by Crippen LogP contribution is -2.24. The van der Waals surface area contributed by atoms with Gasteiger partial charge in [-0.2, -0.15) is 0 Å². The van der Waals surface area contributed by atoms with E-state index < -0.39 is 12.1 Å². The van der Waals surface area contributed by atoms with E-state index in [4.69, 9.17) is 9.84 Å². The number of hydrogen-bond acceptors (Lipinski definition) is 3. The number of rotatable bonds is 4. The molecule has 1 rings (SSSR count). The van der Waals surface area contributed by atoms with Crippen LogP contribution in [0.1, 0.15) is 11.1 Å². The van der Waals surface area contributed by atoms with Gasteiger partial charge < -0.3 is 14.9 Å². The lowest BCUT2D eigenvalue weighted by molar-refractivity contribution is -0.148. The molecule has 0 fully saturated rings. The molecule has 0 aliphatic rings. The molecule has 0 saturated carbocycles. The van der Waals surface area contributed by atoms with Crippen molar-refractivity contribution in [3.63, 3.8) is 0 Å². The van der Waals surface area contributed by atoms with Gasteiger partial charge in [-0.25, -0.2) is 4.79 Å². The van der Waals surface area contributed by atoms with Crippen molar-refractivity contribution in [3.8, 4) is 5.75 Å². The summed E-state index contributed by atoms with van der Waals surface area (Å²) in [5, 5.41) is 18.3. The van der Waals surface area contributed by atoms with Crippen molar-refractivity contribution in [3.05, 3.63) is 29.3 Å². The highest BCUT2D eigenvalue weighted by Crippen LogP contribution is 2.20. The van der Waals surface area contributed by atoms with Crippen LogP contribution >= 0.6 is 0 Å². The Labute approximate surface area is 88.1 Å². The van der Waals surface area contributed by atoms with Crippen molar-refractivity contribution in [1.82, 2.24) is 0 Å². The molecule has 1 aromatic rings. The monoisotopic (exact) mass is 210 g/mol. The Balaban J connectivity index is 2.87. The summed E-state index contributed by atoms with van der Waals surface area (Å²) in [6, 6.07) is 5.07. The topological polar surface area (TPSA) is 66.8 Å². The smallest absolute Gasteiger partial charge is 0.333 e. The van der Waals surface area contributed by atoms with Gasteiger partial charge in [0, 0.05) is 13.5 Å². The van der Waals surface area contributed by atoms with Crippen LogP contribution in [0, 0.1) is 6.92 Å². The fraction of sp³-hybridized carbons (Fsp3) is 0.364. The van der Waals surface area contributed by atoms with E-state index in [0.717, 1.165) is 5.56 Å². The first-order valence-corrected chi connectivity index (χ1v) is 4.58. The van der Waals surface area contributed by atoms with E-state index in [2.05, 4.69) is 0 Å². The van der Waals surface area contributed by atoms with E-state index in [1.807, 2.05) is 6.92 Å². The van der Waals surface area contributed by atoms with Gasteiger partial charge in [0.1, 0.15) is 5.75 Å². The Kier molecular flexibility index (Phi) is 3.68. The quantitative estimate of drug-likeness (QED) is 0.787. The summed E-state index contributed by atoms with van der Waals surface area (Å²) in [4.78, 5) is 10.7. The molecule has 0 aliphatic heterocycles. The molecule has 0 amide bonds. The molecule has 82 valence electrons. The van der Waals surface area contributed by atoms with E-state index in [-0.39, 0.29) is 12.2 Å². The number of methoxy groups -OCH3 is 1. The summed E-state index contributed by atoms with van der Waals surface area (Å²) >= 11 is 0. The minimum atomic E-state index is -1.03. The number of aromatic hydroxyl groups is 1. The fourth-order valence-electron chi connectivity index (χ4n) is 1.35. The summed E-state index contributed by atoms with van der Waals surface area (Å²) in [7, 11) is 1.34. The van der Waals surface area contributed by atoms with Gasteiger partial charge >= 0.3 is 5.97 Å². The second-order valence-corrected chi connectivity index (χ2v) is 3.40. The molecule has 0 spiro atoms. The molecule has 0 heterocycles. The summed E-state index contributed by atoms with van der Waals surface area (Å²) < 4.78 is 4.80. The Morgan fingerprint density at radius 3 is 2.73 bits per heavy atom. The highest BCUT2D eigenvalue weighted by molar-refractivity contribution is 5.72. The number of hydrogen-bond donors (Lipinski definition) is 2. The molecule has 4 heteroatoms. The molecule has 0 bridgehead atoms. The molecule has 1 unspecified atom stereocenters. The number of phenols is 1. The zero-order valence-corrected chi connectivity index (χ0v) is 8.73. The van der Waals surface area contributed by atoms with Crippen LogP contribution in [0.2, 0.25) is 0 Å². The lowest BCUT2D eigenvalue weighted by Gasteiger charge is -2.11. The number of carboxylic acids is 1. The minimum Gasteiger partial charge on any atom is -0.508 e. The van der Waals surface area contributed by atoms with Crippen molar-refractivity contribution in [2.24, 2.45) is 0 Å². The van der Waals surface area contributed by atoms with Gasteiger partial charge in [-0.15, -0.1) is 0 Å². The molecule has 1 atom stereocenters. The van der Waals surface area contributed by atoms with Crippen LogP contribution in [0.5, 0.6) is 5.75 Å². The maximum absolute atomic E-state index is 10.7. The van der Waals surface area contributed by atoms with Crippen molar-refractivity contribution >= 4 is 5.97 Å². The van der Waals surface area contributed by atoms with E-state index in [9.17, 15) is 9.90 Å². The zero-order chi connectivity index (χ0) is 11.4. The average Bonchev–Trinajstić information content (AvgIpc) is 2.18. The van der Waals surface area contributed by atoms with E-state index in [1.54, 1.807) is 18.2 Å². The third-order valence-electron chi connectivity index (χ3n) is 2.20. The van der Waals surface area contributed by atoms with Gasteiger partial charge in [0.25, 0.3) is 0 Å². The van der Waals surface area contributed by atoms with Crippen LogP contribution in [0.15, 0.2) is 18.2 Å². The molecule has 0 radical (unpaired) electrons. The normalized spacial score (nSPS) is 12.4. The first kappa shape index (κ1) is 11.5. The number of aryl methyl sites for hydroxylation is 1.